The molecule has 0 spiro atoms. The van der Waals surface area contributed by atoms with Gasteiger partial charge in [0.05, 0.1) is 23.8 Å². The number of fused-ring (bicyclic) bond motifs is 1. The smallest absolute Gasteiger partial charge is 0.255 e. The number of benzene rings is 1. The van der Waals surface area contributed by atoms with Crippen LogP contribution < -0.4 is 5.32 Å². The Kier molecular flexibility index (Phi) is 3.47. The summed E-state index contributed by atoms with van der Waals surface area (Å²) < 4.78 is 1.62. The molecule has 0 saturated carbocycles. The van der Waals surface area contributed by atoms with Crippen molar-refractivity contribution in [1.82, 2.24) is 14.9 Å². The minimum absolute atomic E-state index is 0.0347. The fourth-order valence-corrected chi connectivity index (χ4v) is 2.09. The van der Waals surface area contributed by atoms with Crippen molar-refractivity contribution in [3.05, 3.63) is 72.1 Å². The summed E-state index contributed by atoms with van der Waals surface area (Å²) >= 11 is 0. The number of Topliss-reactive ketones (excluding diaryl/α,β-unsaturated/α-hetero) is 1. The van der Waals surface area contributed by atoms with Crippen LogP contribution in [0.25, 0.3) is 5.52 Å². The first-order valence-corrected chi connectivity index (χ1v) is 6.54. The van der Waals surface area contributed by atoms with Crippen LogP contribution >= 0.6 is 0 Å². The molecule has 0 aliphatic rings. The molecule has 0 radical (unpaired) electrons. The molecule has 104 valence electrons. The number of pyridine rings is 1. The molecular weight excluding hydrogens is 266 g/mol. The molecule has 2 heterocycles. The highest BCUT2D eigenvalue weighted by Gasteiger charge is 2.13. The third-order valence-corrected chi connectivity index (χ3v) is 3.18. The Morgan fingerprint density at radius 2 is 1.81 bits per heavy atom. The van der Waals surface area contributed by atoms with Gasteiger partial charge < -0.3 is 5.32 Å². The van der Waals surface area contributed by atoms with Crippen LogP contribution in [0.3, 0.4) is 0 Å². The lowest BCUT2D eigenvalue weighted by Gasteiger charge is -2.03. The van der Waals surface area contributed by atoms with Gasteiger partial charge in [-0.1, -0.05) is 36.4 Å². The fraction of sp³-hybridized carbons (Fsp3) is 0.0625. The van der Waals surface area contributed by atoms with E-state index in [1.807, 2.05) is 18.2 Å². The molecule has 3 rings (SSSR count). The first-order valence-electron chi connectivity index (χ1n) is 6.54. The number of hydrogen-bond acceptors (Lipinski definition) is 3. The van der Waals surface area contributed by atoms with E-state index in [1.54, 1.807) is 41.0 Å². The van der Waals surface area contributed by atoms with Gasteiger partial charge in [0.15, 0.2) is 5.78 Å². The predicted octanol–water partition coefficient (Wildman–Crippen LogP) is 1.95. The molecule has 1 amide bonds. The van der Waals surface area contributed by atoms with Crippen molar-refractivity contribution in [3.8, 4) is 0 Å². The summed E-state index contributed by atoms with van der Waals surface area (Å²) in [5.41, 5.74) is 1.75. The van der Waals surface area contributed by atoms with Gasteiger partial charge in [0.2, 0.25) is 0 Å². The number of carbonyl (C=O) groups is 2. The second-order valence-corrected chi connectivity index (χ2v) is 4.56. The largest absolute Gasteiger partial charge is 0.344 e. The lowest BCUT2D eigenvalue weighted by molar-refractivity contribution is 0.0905. The maximum absolute atomic E-state index is 12.1. The number of aromatic nitrogens is 2. The number of nitrogens with one attached hydrogen (secondary N) is 1. The summed E-state index contributed by atoms with van der Waals surface area (Å²) in [6.45, 7) is -0.0347. The third kappa shape index (κ3) is 2.67. The normalized spacial score (nSPS) is 10.5. The summed E-state index contributed by atoms with van der Waals surface area (Å²) in [6, 6.07) is 14.4. The topological polar surface area (TPSA) is 63.5 Å². The van der Waals surface area contributed by atoms with Gasteiger partial charge in [-0.25, -0.2) is 4.52 Å². The SMILES string of the molecule is O=C(CNC(=O)c1cnn2ccccc12)c1ccccc1. The van der Waals surface area contributed by atoms with Crippen LogP contribution in [0.2, 0.25) is 0 Å². The highest BCUT2D eigenvalue weighted by molar-refractivity contribution is 6.04. The van der Waals surface area contributed by atoms with Crippen molar-refractivity contribution >= 4 is 17.2 Å². The second kappa shape index (κ2) is 5.58. The molecule has 0 bridgehead atoms. The molecule has 0 fully saturated rings. The quantitative estimate of drug-likeness (QED) is 0.742. The predicted molar refractivity (Wildman–Crippen MR) is 78.3 cm³/mol. The molecule has 0 unspecified atom stereocenters. The van der Waals surface area contributed by atoms with Crippen LogP contribution in [0.4, 0.5) is 0 Å². The van der Waals surface area contributed by atoms with Crippen LogP contribution in [0.5, 0.6) is 0 Å². The zero-order chi connectivity index (χ0) is 14.7. The fourth-order valence-electron chi connectivity index (χ4n) is 2.09. The lowest BCUT2D eigenvalue weighted by Crippen LogP contribution is -2.29. The van der Waals surface area contributed by atoms with Gasteiger partial charge in [-0.3, -0.25) is 9.59 Å². The summed E-state index contributed by atoms with van der Waals surface area (Å²) in [4.78, 5) is 24.1. The van der Waals surface area contributed by atoms with Gasteiger partial charge in [0.25, 0.3) is 5.91 Å². The second-order valence-electron chi connectivity index (χ2n) is 4.56. The molecular formula is C16H13N3O2. The van der Waals surface area contributed by atoms with Crippen molar-refractivity contribution in [2.75, 3.05) is 6.54 Å². The van der Waals surface area contributed by atoms with Gasteiger partial charge in [-0.2, -0.15) is 5.10 Å². The zero-order valence-corrected chi connectivity index (χ0v) is 11.2. The van der Waals surface area contributed by atoms with E-state index in [9.17, 15) is 9.59 Å². The molecule has 0 atom stereocenters. The maximum Gasteiger partial charge on any atom is 0.255 e. The van der Waals surface area contributed by atoms with Gasteiger partial charge in [-0.15, -0.1) is 0 Å². The molecule has 1 aromatic carbocycles. The first kappa shape index (κ1) is 13.1. The molecule has 5 nitrogen and oxygen atoms in total. The molecule has 0 aliphatic carbocycles. The van der Waals surface area contributed by atoms with E-state index in [0.29, 0.717) is 16.6 Å². The van der Waals surface area contributed by atoms with Crippen molar-refractivity contribution in [3.63, 3.8) is 0 Å². The van der Waals surface area contributed by atoms with Crippen molar-refractivity contribution in [2.24, 2.45) is 0 Å². The minimum Gasteiger partial charge on any atom is -0.344 e. The number of rotatable bonds is 4. The Morgan fingerprint density at radius 3 is 2.62 bits per heavy atom. The van der Waals surface area contributed by atoms with Crippen molar-refractivity contribution in [2.45, 2.75) is 0 Å². The van der Waals surface area contributed by atoms with Gasteiger partial charge in [0.1, 0.15) is 0 Å². The molecule has 0 saturated heterocycles. The molecule has 0 aliphatic heterocycles. The van der Waals surface area contributed by atoms with E-state index in [4.69, 9.17) is 0 Å². The van der Waals surface area contributed by atoms with Gasteiger partial charge in [-0.05, 0) is 12.1 Å². The molecule has 2 aromatic heterocycles. The zero-order valence-electron chi connectivity index (χ0n) is 11.2. The van der Waals surface area contributed by atoms with E-state index in [2.05, 4.69) is 10.4 Å². The standard InChI is InChI=1S/C16H13N3O2/c20-15(12-6-2-1-3-7-12)11-17-16(21)13-10-18-19-9-5-4-8-14(13)19/h1-10H,11H2,(H,17,21). The van der Waals surface area contributed by atoms with E-state index >= 15 is 0 Å². The maximum atomic E-state index is 12.1. The van der Waals surface area contributed by atoms with Gasteiger partial charge >= 0.3 is 0 Å². The lowest BCUT2D eigenvalue weighted by atomic mass is 10.1. The Hall–Kier alpha value is -2.95. The summed E-state index contributed by atoms with van der Waals surface area (Å²) in [6.07, 6.45) is 3.26. The van der Waals surface area contributed by atoms with Crippen LogP contribution in [0, 0.1) is 0 Å². The van der Waals surface area contributed by atoms with Crippen LogP contribution in [-0.2, 0) is 0 Å². The summed E-state index contributed by atoms with van der Waals surface area (Å²) in [5, 5.41) is 6.73. The molecule has 5 heteroatoms. The van der Waals surface area contributed by atoms with Crippen LogP contribution in [0.1, 0.15) is 20.7 Å². The van der Waals surface area contributed by atoms with Crippen LogP contribution in [-0.4, -0.2) is 27.8 Å². The average Bonchev–Trinajstić information content (AvgIpc) is 2.97. The average molecular weight is 279 g/mol. The van der Waals surface area contributed by atoms with E-state index in [-0.39, 0.29) is 18.2 Å². The summed E-state index contributed by atoms with van der Waals surface area (Å²) in [7, 11) is 0. The minimum atomic E-state index is -0.305. The number of ketones is 1. The first-order chi connectivity index (χ1) is 10.3. The molecule has 21 heavy (non-hydrogen) atoms. The number of nitrogens with zero attached hydrogens (tertiary/aromatic N) is 2. The van der Waals surface area contributed by atoms with E-state index in [1.165, 1.54) is 6.20 Å². The Balaban J connectivity index is 1.71. The van der Waals surface area contributed by atoms with E-state index in [0.717, 1.165) is 0 Å². The van der Waals surface area contributed by atoms with Crippen molar-refractivity contribution in [1.29, 1.82) is 0 Å². The Morgan fingerprint density at radius 1 is 1.05 bits per heavy atom. The third-order valence-electron chi connectivity index (χ3n) is 3.18. The highest BCUT2D eigenvalue weighted by atomic mass is 16.2. The monoisotopic (exact) mass is 279 g/mol. The van der Waals surface area contributed by atoms with Crippen molar-refractivity contribution < 1.29 is 9.59 Å². The number of amides is 1. The summed E-state index contributed by atoms with van der Waals surface area (Å²) in [5.74, 6) is -0.430. The molecule has 1 N–H and O–H groups in total. The Labute approximate surface area is 121 Å². The number of hydrogen-bond donors (Lipinski definition) is 1. The van der Waals surface area contributed by atoms with Crippen LogP contribution in [0.15, 0.2) is 60.9 Å². The highest BCUT2D eigenvalue weighted by Crippen LogP contribution is 2.09. The van der Waals surface area contributed by atoms with Gasteiger partial charge in [0, 0.05) is 11.8 Å². The Bertz CT molecular complexity index is 793. The number of carbonyl (C=O) groups excluding carboxylic acids is 2. The molecule has 3 aromatic rings. The van der Waals surface area contributed by atoms with E-state index < -0.39 is 0 Å².